The molecule has 1 unspecified atom stereocenters. The molecule has 1 fully saturated rings. The summed E-state index contributed by atoms with van der Waals surface area (Å²) in [6.45, 7) is 1.73. The molecule has 96 valence electrons. The van der Waals surface area contributed by atoms with E-state index < -0.39 is 11.6 Å². The topological polar surface area (TPSA) is 45.0 Å². The van der Waals surface area contributed by atoms with Gasteiger partial charge in [0.05, 0.1) is 12.7 Å². The Labute approximate surface area is 107 Å². The minimum absolute atomic E-state index is 0.280. The van der Waals surface area contributed by atoms with Crippen LogP contribution in [0.2, 0.25) is 0 Å². The first-order chi connectivity index (χ1) is 8.77. The van der Waals surface area contributed by atoms with Gasteiger partial charge >= 0.3 is 0 Å². The minimum Gasteiger partial charge on any atom is -0.377 e. The molecule has 1 atom stereocenters. The summed E-state index contributed by atoms with van der Waals surface area (Å²) in [5.74, 6) is 0. The lowest BCUT2D eigenvalue weighted by atomic mass is 9.77. The highest BCUT2D eigenvalue weighted by atomic mass is 19.1. The maximum absolute atomic E-state index is 13.9. The summed E-state index contributed by atoms with van der Waals surface area (Å²) in [6.07, 6.45) is -0.832. The van der Waals surface area contributed by atoms with Gasteiger partial charge in [-0.25, -0.2) is 4.39 Å². The average Bonchev–Trinajstić information content (AvgIpc) is 2.35. The van der Waals surface area contributed by atoms with Gasteiger partial charge in [0.15, 0.2) is 0 Å². The molecule has 0 aromatic heterocycles. The van der Waals surface area contributed by atoms with Crippen LogP contribution >= 0.6 is 0 Å². The van der Waals surface area contributed by atoms with Gasteiger partial charge in [-0.2, -0.15) is 5.26 Å². The van der Waals surface area contributed by atoms with Crippen molar-refractivity contribution in [3.63, 3.8) is 0 Å². The van der Waals surface area contributed by atoms with Gasteiger partial charge in [-0.05, 0) is 5.56 Å². The molecule has 1 aromatic carbocycles. The lowest BCUT2D eigenvalue weighted by Gasteiger charge is -2.38. The van der Waals surface area contributed by atoms with Gasteiger partial charge in [-0.1, -0.05) is 30.3 Å². The Bertz CT molecular complexity index is 412. The number of nitrogens with zero attached hydrogens (tertiary/aromatic N) is 1. The number of hydrogen-bond donors (Lipinski definition) is 1. The second-order valence-corrected chi connectivity index (χ2v) is 4.67. The van der Waals surface area contributed by atoms with E-state index in [-0.39, 0.29) is 6.42 Å². The number of nitrogens with one attached hydrogen (secondary N) is 1. The van der Waals surface area contributed by atoms with Gasteiger partial charge in [0, 0.05) is 26.1 Å². The maximum Gasteiger partial charge on any atom is 0.123 e. The smallest absolute Gasteiger partial charge is 0.123 e. The van der Waals surface area contributed by atoms with Crippen LogP contribution in [0.5, 0.6) is 0 Å². The van der Waals surface area contributed by atoms with Gasteiger partial charge < -0.3 is 10.1 Å². The van der Waals surface area contributed by atoms with E-state index >= 15 is 0 Å². The molecule has 0 amide bonds. The van der Waals surface area contributed by atoms with Crippen molar-refractivity contribution in [3.8, 4) is 6.07 Å². The summed E-state index contributed by atoms with van der Waals surface area (Å²) in [4.78, 5) is 0. The number of rotatable bonds is 6. The second kappa shape index (κ2) is 5.94. The molecule has 1 aromatic rings. The van der Waals surface area contributed by atoms with Crippen LogP contribution in [0.1, 0.15) is 12.0 Å². The maximum atomic E-state index is 13.9. The summed E-state index contributed by atoms with van der Waals surface area (Å²) in [5.41, 5.74) is 0.254. The van der Waals surface area contributed by atoms with Crippen LogP contribution in [0.3, 0.4) is 0 Å². The van der Waals surface area contributed by atoms with E-state index in [0.717, 1.165) is 5.56 Å². The Morgan fingerprint density at radius 1 is 1.39 bits per heavy atom. The Hall–Kier alpha value is -1.44. The molecular weight excluding hydrogens is 231 g/mol. The van der Waals surface area contributed by atoms with E-state index in [0.29, 0.717) is 26.3 Å². The highest BCUT2D eigenvalue weighted by Gasteiger charge is 2.45. The number of ether oxygens (including phenoxy) is 1. The summed E-state index contributed by atoms with van der Waals surface area (Å²) in [7, 11) is 0. The molecule has 0 radical (unpaired) electrons. The number of hydrogen-bond acceptors (Lipinski definition) is 3. The molecule has 0 spiro atoms. The third-order valence-corrected chi connectivity index (χ3v) is 3.33. The molecule has 1 heterocycles. The predicted octanol–water partition coefficient (Wildman–Crippen LogP) is 2.04. The van der Waals surface area contributed by atoms with Crippen LogP contribution in [0.15, 0.2) is 30.3 Å². The predicted molar refractivity (Wildman–Crippen MR) is 66.5 cm³/mol. The second-order valence-electron chi connectivity index (χ2n) is 4.67. The monoisotopic (exact) mass is 248 g/mol. The van der Waals surface area contributed by atoms with Crippen molar-refractivity contribution < 1.29 is 9.13 Å². The molecule has 1 saturated heterocycles. The first kappa shape index (κ1) is 13.0. The van der Waals surface area contributed by atoms with Crippen molar-refractivity contribution in [1.29, 1.82) is 5.26 Å². The summed E-state index contributed by atoms with van der Waals surface area (Å²) in [6, 6.07) is 11.9. The number of benzene rings is 1. The molecule has 0 saturated carbocycles. The molecule has 18 heavy (non-hydrogen) atoms. The van der Waals surface area contributed by atoms with Crippen LogP contribution in [-0.4, -0.2) is 25.9 Å². The van der Waals surface area contributed by atoms with Crippen LogP contribution in [-0.2, 0) is 11.3 Å². The average molecular weight is 248 g/mol. The Balaban J connectivity index is 1.68. The van der Waals surface area contributed by atoms with E-state index in [4.69, 9.17) is 10.00 Å². The zero-order valence-corrected chi connectivity index (χ0v) is 10.2. The van der Waals surface area contributed by atoms with Crippen molar-refractivity contribution in [2.24, 2.45) is 5.41 Å². The third kappa shape index (κ3) is 2.87. The molecule has 0 aliphatic carbocycles. The van der Waals surface area contributed by atoms with Gasteiger partial charge in [0.25, 0.3) is 0 Å². The normalized spacial score (nSPS) is 18.7. The van der Waals surface area contributed by atoms with E-state index in [1.807, 2.05) is 30.3 Å². The number of nitriles is 1. The van der Waals surface area contributed by atoms with E-state index in [1.54, 1.807) is 0 Å². The Morgan fingerprint density at radius 2 is 2.11 bits per heavy atom. The summed E-state index contributed by atoms with van der Waals surface area (Å²) < 4.78 is 19.3. The fraction of sp³-hybridized carbons (Fsp3) is 0.500. The first-order valence-electron chi connectivity index (χ1n) is 6.14. The number of halogens is 1. The van der Waals surface area contributed by atoms with Crippen LogP contribution < -0.4 is 5.32 Å². The van der Waals surface area contributed by atoms with E-state index in [2.05, 4.69) is 11.4 Å². The van der Waals surface area contributed by atoms with E-state index in [1.165, 1.54) is 0 Å². The van der Waals surface area contributed by atoms with Gasteiger partial charge in [-0.15, -0.1) is 0 Å². The molecule has 4 heteroatoms. The first-order valence-corrected chi connectivity index (χ1v) is 6.14. The third-order valence-electron chi connectivity index (χ3n) is 3.33. The Morgan fingerprint density at radius 3 is 2.67 bits per heavy atom. The highest BCUT2D eigenvalue weighted by Crippen LogP contribution is 2.30. The molecule has 1 aliphatic heterocycles. The minimum atomic E-state index is -1.11. The standard InChI is InChI=1S/C14H17FN2O/c15-13(14(9-16)10-17-11-14)6-7-18-8-12-4-2-1-3-5-12/h1-5,13,17H,6-8,10-11H2. The molecule has 1 N–H and O–H groups in total. The summed E-state index contributed by atoms with van der Waals surface area (Å²) >= 11 is 0. The van der Waals surface area contributed by atoms with Crippen molar-refractivity contribution in [2.75, 3.05) is 19.7 Å². The van der Waals surface area contributed by atoms with Crippen molar-refractivity contribution in [2.45, 2.75) is 19.2 Å². The van der Waals surface area contributed by atoms with Gasteiger partial charge in [0.2, 0.25) is 0 Å². The van der Waals surface area contributed by atoms with Crippen LogP contribution in [0.25, 0.3) is 0 Å². The van der Waals surface area contributed by atoms with Crippen LogP contribution in [0.4, 0.5) is 4.39 Å². The van der Waals surface area contributed by atoms with Crippen molar-refractivity contribution in [1.82, 2.24) is 5.32 Å². The molecule has 0 bridgehead atoms. The lowest BCUT2D eigenvalue weighted by molar-refractivity contribution is 0.0478. The molecule has 3 nitrogen and oxygen atoms in total. The van der Waals surface area contributed by atoms with E-state index in [9.17, 15) is 4.39 Å². The largest absolute Gasteiger partial charge is 0.377 e. The lowest BCUT2D eigenvalue weighted by Crippen LogP contribution is -2.58. The molecular formula is C14H17FN2O. The summed E-state index contributed by atoms with van der Waals surface area (Å²) in [5, 5.41) is 11.9. The number of alkyl halides is 1. The SMILES string of the molecule is N#CC1(C(F)CCOCc2ccccc2)CNC1. The quantitative estimate of drug-likeness (QED) is 0.784. The fourth-order valence-electron chi connectivity index (χ4n) is 1.99. The van der Waals surface area contributed by atoms with Crippen LogP contribution in [0, 0.1) is 16.7 Å². The zero-order chi connectivity index (χ0) is 12.8. The van der Waals surface area contributed by atoms with Gasteiger partial charge in [0.1, 0.15) is 11.6 Å². The zero-order valence-electron chi connectivity index (χ0n) is 10.2. The highest BCUT2D eigenvalue weighted by molar-refractivity contribution is 5.13. The van der Waals surface area contributed by atoms with Crippen molar-refractivity contribution >= 4 is 0 Å². The molecule has 2 rings (SSSR count). The van der Waals surface area contributed by atoms with Gasteiger partial charge in [-0.3, -0.25) is 0 Å². The van der Waals surface area contributed by atoms with Crippen molar-refractivity contribution in [3.05, 3.63) is 35.9 Å². The fourth-order valence-corrected chi connectivity index (χ4v) is 1.99. The Kier molecular flexibility index (Phi) is 4.29. The molecule has 1 aliphatic rings.